The number of aryl methyl sites for hydroxylation is 1. The third-order valence-electron chi connectivity index (χ3n) is 2.44. The molecule has 112 valence electrons. The number of amides is 1. The van der Waals surface area contributed by atoms with Gasteiger partial charge in [0.1, 0.15) is 11.4 Å². The van der Waals surface area contributed by atoms with Gasteiger partial charge in [0.2, 0.25) is 5.28 Å². The van der Waals surface area contributed by atoms with E-state index >= 15 is 0 Å². The topological polar surface area (TPSA) is 55.3 Å². The number of halogens is 1. The minimum atomic E-state index is -0.548. The molecule has 0 saturated heterocycles. The van der Waals surface area contributed by atoms with E-state index in [1.54, 1.807) is 6.07 Å². The fraction of sp³-hybridized carbons (Fsp3) is 0.643. The van der Waals surface area contributed by atoms with Crippen LogP contribution in [0.25, 0.3) is 0 Å². The van der Waals surface area contributed by atoms with Gasteiger partial charge in [-0.25, -0.2) is 14.8 Å². The lowest BCUT2D eigenvalue weighted by Crippen LogP contribution is -2.38. The predicted octanol–water partition coefficient (Wildman–Crippen LogP) is 3.98. The zero-order chi connectivity index (χ0) is 15.3. The second-order valence-corrected chi connectivity index (χ2v) is 5.96. The van der Waals surface area contributed by atoms with E-state index in [4.69, 9.17) is 16.3 Å². The molecule has 0 bridgehead atoms. The molecule has 0 spiro atoms. The number of carbonyl (C=O) groups excluding carboxylic acids is 1. The summed E-state index contributed by atoms with van der Waals surface area (Å²) in [5.74, 6) is 0.477. The quantitative estimate of drug-likeness (QED) is 0.789. The van der Waals surface area contributed by atoms with Gasteiger partial charge < -0.3 is 4.74 Å². The van der Waals surface area contributed by atoms with E-state index in [1.807, 2.05) is 27.7 Å². The Morgan fingerprint density at radius 1 is 1.40 bits per heavy atom. The third kappa shape index (κ3) is 5.33. The summed E-state index contributed by atoms with van der Waals surface area (Å²) >= 11 is 5.87. The molecule has 0 aromatic carbocycles. The van der Waals surface area contributed by atoms with Crippen LogP contribution in [-0.2, 0) is 4.74 Å². The zero-order valence-electron chi connectivity index (χ0n) is 12.7. The minimum Gasteiger partial charge on any atom is -0.443 e. The fourth-order valence-corrected chi connectivity index (χ4v) is 1.81. The number of anilines is 1. The van der Waals surface area contributed by atoms with Gasteiger partial charge in [-0.05, 0) is 45.7 Å². The van der Waals surface area contributed by atoms with Crippen molar-refractivity contribution in [2.24, 2.45) is 0 Å². The van der Waals surface area contributed by atoms with Gasteiger partial charge in [0.25, 0.3) is 0 Å². The van der Waals surface area contributed by atoms with E-state index in [9.17, 15) is 4.79 Å². The van der Waals surface area contributed by atoms with Crippen molar-refractivity contribution in [3.63, 3.8) is 0 Å². The maximum absolute atomic E-state index is 12.3. The van der Waals surface area contributed by atoms with Gasteiger partial charge >= 0.3 is 6.09 Å². The Kier molecular flexibility index (Phi) is 5.74. The molecule has 1 aromatic rings. The van der Waals surface area contributed by atoms with Crippen molar-refractivity contribution >= 4 is 23.5 Å². The molecular formula is C14H22ClN3O2. The summed E-state index contributed by atoms with van der Waals surface area (Å²) < 4.78 is 5.41. The van der Waals surface area contributed by atoms with Crippen LogP contribution in [0.4, 0.5) is 10.6 Å². The molecule has 0 atom stereocenters. The molecule has 1 aromatic heterocycles. The SMILES string of the molecule is CCCCN(C(=O)OC(C)(C)C)c1cc(C)nc(Cl)n1. The van der Waals surface area contributed by atoms with Gasteiger partial charge in [0, 0.05) is 18.3 Å². The molecule has 0 aliphatic carbocycles. The van der Waals surface area contributed by atoms with Crippen LogP contribution in [0.5, 0.6) is 0 Å². The first kappa shape index (κ1) is 16.7. The minimum absolute atomic E-state index is 0.130. The predicted molar refractivity (Wildman–Crippen MR) is 80.3 cm³/mol. The van der Waals surface area contributed by atoms with Crippen molar-refractivity contribution in [1.82, 2.24) is 9.97 Å². The molecule has 0 saturated carbocycles. The highest BCUT2D eigenvalue weighted by molar-refractivity contribution is 6.28. The number of hydrogen-bond acceptors (Lipinski definition) is 4. The fourth-order valence-electron chi connectivity index (χ4n) is 1.59. The van der Waals surface area contributed by atoms with E-state index in [2.05, 4.69) is 16.9 Å². The summed E-state index contributed by atoms with van der Waals surface area (Å²) in [5.41, 5.74) is 0.165. The summed E-state index contributed by atoms with van der Waals surface area (Å²) in [7, 11) is 0. The van der Waals surface area contributed by atoms with Crippen LogP contribution >= 0.6 is 11.6 Å². The summed E-state index contributed by atoms with van der Waals surface area (Å²) in [5, 5.41) is 0.130. The summed E-state index contributed by atoms with van der Waals surface area (Å²) in [6, 6.07) is 1.73. The largest absolute Gasteiger partial charge is 0.443 e. The van der Waals surface area contributed by atoms with Crippen molar-refractivity contribution in [3.05, 3.63) is 17.0 Å². The molecule has 0 unspecified atom stereocenters. The number of rotatable bonds is 4. The van der Waals surface area contributed by atoms with E-state index in [1.165, 1.54) is 4.90 Å². The highest BCUT2D eigenvalue weighted by atomic mass is 35.5. The van der Waals surface area contributed by atoms with Crippen LogP contribution in [0.3, 0.4) is 0 Å². The number of ether oxygens (including phenoxy) is 1. The van der Waals surface area contributed by atoms with E-state index in [-0.39, 0.29) is 5.28 Å². The van der Waals surface area contributed by atoms with Crippen LogP contribution in [0.1, 0.15) is 46.2 Å². The number of unbranched alkanes of at least 4 members (excludes halogenated alkanes) is 1. The number of aromatic nitrogens is 2. The molecule has 0 aliphatic heterocycles. The Morgan fingerprint density at radius 3 is 2.55 bits per heavy atom. The monoisotopic (exact) mass is 299 g/mol. The first-order valence-corrected chi connectivity index (χ1v) is 7.12. The normalized spacial score (nSPS) is 11.3. The highest BCUT2D eigenvalue weighted by Crippen LogP contribution is 2.19. The Balaban J connectivity index is 3.01. The standard InChI is InChI=1S/C14H22ClN3O2/c1-6-7-8-18(13(19)20-14(3,4)5)11-9-10(2)16-12(15)17-11/h9H,6-8H2,1-5H3. The van der Waals surface area contributed by atoms with Gasteiger partial charge in [0.05, 0.1) is 0 Å². The highest BCUT2D eigenvalue weighted by Gasteiger charge is 2.24. The lowest BCUT2D eigenvalue weighted by atomic mass is 10.2. The summed E-state index contributed by atoms with van der Waals surface area (Å²) in [4.78, 5) is 21.9. The Bertz CT molecular complexity index is 452. The third-order valence-corrected chi connectivity index (χ3v) is 2.61. The Labute approximate surface area is 125 Å². The average molecular weight is 300 g/mol. The van der Waals surface area contributed by atoms with Crippen LogP contribution in [0, 0.1) is 6.92 Å². The molecule has 0 aliphatic rings. The summed E-state index contributed by atoms with van der Waals surface area (Å²) in [6.45, 7) is 9.91. The second kappa shape index (κ2) is 6.88. The van der Waals surface area contributed by atoms with Gasteiger partial charge in [-0.15, -0.1) is 0 Å². The molecule has 0 N–H and O–H groups in total. The molecular weight excluding hydrogens is 278 g/mol. The van der Waals surface area contributed by atoms with Crippen molar-refractivity contribution in [2.75, 3.05) is 11.4 Å². The summed E-state index contributed by atoms with van der Waals surface area (Å²) in [6.07, 6.45) is 1.41. The number of nitrogens with zero attached hydrogens (tertiary/aromatic N) is 3. The van der Waals surface area contributed by atoms with E-state index in [0.29, 0.717) is 18.1 Å². The lowest BCUT2D eigenvalue weighted by Gasteiger charge is -2.26. The first-order chi connectivity index (χ1) is 9.23. The molecule has 1 rings (SSSR count). The molecule has 0 radical (unpaired) electrons. The number of hydrogen-bond donors (Lipinski definition) is 0. The Hall–Kier alpha value is -1.36. The van der Waals surface area contributed by atoms with Gasteiger partial charge in [-0.3, -0.25) is 4.90 Å². The van der Waals surface area contributed by atoms with Crippen LogP contribution in [0.2, 0.25) is 5.28 Å². The van der Waals surface area contributed by atoms with Crippen molar-refractivity contribution in [3.8, 4) is 0 Å². The average Bonchev–Trinajstić information content (AvgIpc) is 2.25. The molecule has 1 heterocycles. The maximum atomic E-state index is 12.3. The number of carbonyl (C=O) groups is 1. The molecule has 1 amide bonds. The van der Waals surface area contributed by atoms with Gasteiger partial charge in [0.15, 0.2) is 0 Å². The van der Waals surface area contributed by atoms with Gasteiger partial charge in [-0.2, -0.15) is 0 Å². The van der Waals surface area contributed by atoms with Gasteiger partial charge in [-0.1, -0.05) is 13.3 Å². The maximum Gasteiger partial charge on any atom is 0.416 e. The zero-order valence-corrected chi connectivity index (χ0v) is 13.5. The van der Waals surface area contributed by atoms with Crippen LogP contribution in [-0.4, -0.2) is 28.2 Å². The van der Waals surface area contributed by atoms with Crippen LogP contribution < -0.4 is 4.90 Å². The lowest BCUT2D eigenvalue weighted by molar-refractivity contribution is 0.0579. The van der Waals surface area contributed by atoms with Crippen molar-refractivity contribution in [1.29, 1.82) is 0 Å². The molecule has 6 heteroatoms. The second-order valence-electron chi connectivity index (χ2n) is 5.62. The van der Waals surface area contributed by atoms with E-state index in [0.717, 1.165) is 12.8 Å². The first-order valence-electron chi connectivity index (χ1n) is 6.74. The molecule has 5 nitrogen and oxygen atoms in total. The Morgan fingerprint density at radius 2 is 2.05 bits per heavy atom. The molecule has 20 heavy (non-hydrogen) atoms. The van der Waals surface area contributed by atoms with Crippen LogP contribution in [0.15, 0.2) is 6.07 Å². The molecule has 0 fully saturated rings. The van der Waals surface area contributed by atoms with E-state index < -0.39 is 11.7 Å². The van der Waals surface area contributed by atoms with Crippen molar-refractivity contribution < 1.29 is 9.53 Å². The smallest absolute Gasteiger partial charge is 0.416 e. The van der Waals surface area contributed by atoms with Crippen molar-refractivity contribution in [2.45, 2.75) is 53.1 Å².